The minimum atomic E-state index is -0.588. The van der Waals surface area contributed by atoms with E-state index in [0.717, 1.165) is 11.3 Å². The van der Waals surface area contributed by atoms with Gasteiger partial charge in [-0.1, -0.05) is 47.6 Å². The van der Waals surface area contributed by atoms with Gasteiger partial charge in [0.15, 0.2) is 0 Å². The van der Waals surface area contributed by atoms with Crippen LogP contribution in [-0.4, -0.2) is 38.9 Å². The highest BCUT2D eigenvalue weighted by Crippen LogP contribution is 2.34. The van der Waals surface area contributed by atoms with Gasteiger partial charge in [-0.15, -0.1) is 0 Å². The van der Waals surface area contributed by atoms with Crippen LogP contribution in [0.5, 0.6) is 0 Å². The molecule has 2 aromatic carbocycles. The maximum absolute atomic E-state index is 12.9. The van der Waals surface area contributed by atoms with E-state index < -0.39 is 6.04 Å². The van der Waals surface area contributed by atoms with Gasteiger partial charge >= 0.3 is 0 Å². The van der Waals surface area contributed by atoms with Gasteiger partial charge in [0.25, 0.3) is 11.8 Å². The quantitative estimate of drug-likeness (QED) is 0.606. The molecule has 7 heteroatoms. The molecule has 0 unspecified atom stereocenters. The molecule has 2 heterocycles. The van der Waals surface area contributed by atoms with Crippen LogP contribution in [0.2, 0.25) is 0 Å². The standard InChI is InChI=1S/C20H17N3O3S/c1-27-12-11-16(18-21-17(22-26-18)13-7-3-2-4-8-13)23-19(24)14-9-5-6-10-15(14)20(23)25/h2-10,16H,11-12H2,1H3/t16-/m1/s1. The third-order valence-corrected chi connectivity index (χ3v) is 5.14. The maximum atomic E-state index is 12.9. The Balaban J connectivity index is 1.70. The average molecular weight is 379 g/mol. The predicted molar refractivity (Wildman–Crippen MR) is 102 cm³/mol. The number of benzene rings is 2. The fourth-order valence-corrected chi connectivity index (χ4v) is 3.62. The Hall–Kier alpha value is -2.93. The number of carbonyl (C=O) groups is 2. The van der Waals surface area contributed by atoms with Gasteiger partial charge in [0, 0.05) is 5.56 Å². The summed E-state index contributed by atoms with van der Waals surface area (Å²) in [7, 11) is 0. The van der Waals surface area contributed by atoms with Crippen LogP contribution in [-0.2, 0) is 0 Å². The fraction of sp³-hybridized carbons (Fsp3) is 0.200. The van der Waals surface area contributed by atoms with Crippen LogP contribution in [0, 0.1) is 0 Å². The summed E-state index contributed by atoms with van der Waals surface area (Å²) in [5, 5.41) is 4.04. The summed E-state index contributed by atoms with van der Waals surface area (Å²) in [6, 6.07) is 15.7. The smallest absolute Gasteiger partial charge is 0.262 e. The first-order chi connectivity index (χ1) is 13.2. The third-order valence-electron chi connectivity index (χ3n) is 4.49. The highest BCUT2D eigenvalue weighted by atomic mass is 32.2. The second-order valence-corrected chi connectivity index (χ2v) is 7.13. The first-order valence-electron chi connectivity index (χ1n) is 8.55. The summed E-state index contributed by atoms with van der Waals surface area (Å²) in [6.45, 7) is 0. The number of imide groups is 1. The van der Waals surface area contributed by atoms with Gasteiger partial charge < -0.3 is 4.52 Å². The van der Waals surface area contributed by atoms with Crippen LogP contribution in [0.3, 0.4) is 0 Å². The highest BCUT2D eigenvalue weighted by Gasteiger charge is 2.42. The van der Waals surface area contributed by atoms with E-state index in [1.165, 1.54) is 4.90 Å². The number of aromatic nitrogens is 2. The van der Waals surface area contributed by atoms with E-state index in [1.54, 1.807) is 36.0 Å². The van der Waals surface area contributed by atoms with E-state index in [-0.39, 0.29) is 17.7 Å². The Morgan fingerprint density at radius 3 is 2.26 bits per heavy atom. The highest BCUT2D eigenvalue weighted by molar-refractivity contribution is 7.98. The van der Waals surface area contributed by atoms with Gasteiger partial charge in [0.05, 0.1) is 11.1 Å². The van der Waals surface area contributed by atoms with Gasteiger partial charge in [0.2, 0.25) is 11.7 Å². The van der Waals surface area contributed by atoms with Crippen molar-refractivity contribution < 1.29 is 14.1 Å². The minimum absolute atomic E-state index is 0.275. The lowest BCUT2D eigenvalue weighted by Gasteiger charge is -2.22. The molecule has 0 bridgehead atoms. The van der Waals surface area contributed by atoms with E-state index in [1.807, 2.05) is 36.6 Å². The largest absolute Gasteiger partial charge is 0.337 e. The zero-order valence-electron chi connectivity index (χ0n) is 14.7. The molecular weight excluding hydrogens is 362 g/mol. The lowest BCUT2D eigenvalue weighted by atomic mass is 10.1. The van der Waals surface area contributed by atoms with Crippen molar-refractivity contribution in [2.75, 3.05) is 12.0 Å². The van der Waals surface area contributed by atoms with Crippen LogP contribution < -0.4 is 0 Å². The number of carbonyl (C=O) groups excluding carboxylic acids is 2. The number of rotatable bonds is 6. The third kappa shape index (κ3) is 3.14. The minimum Gasteiger partial charge on any atom is -0.337 e. The first kappa shape index (κ1) is 17.5. The molecular formula is C20H17N3O3S. The number of thioether (sulfide) groups is 1. The summed E-state index contributed by atoms with van der Waals surface area (Å²) in [5.74, 6) is 0.831. The molecule has 3 aromatic rings. The molecule has 27 heavy (non-hydrogen) atoms. The lowest BCUT2D eigenvalue weighted by molar-refractivity contribution is 0.0548. The van der Waals surface area contributed by atoms with Crippen LogP contribution in [0.25, 0.3) is 11.4 Å². The zero-order chi connectivity index (χ0) is 18.8. The molecule has 0 spiro atoms. The Bertz CT molecular complexity index is 952. The topological polar surface area (TPSA) is 76.3 Å². The van der Waals surface area contributed by atoms with Gasteiger partial charge in [-0.05, 0) is 30.6 Å². The van der Waals surface area contributed by atoms with E-state index >= 15 is 0 Å². The van der Waals surface area contributed by atoms with E-state index in [4.69, 9.17) is 4.52 Å². The fourth-order valence-electron chi connectivity index (χ4n) is 3.16. The number of nitrogens with zero attached hydrogens (tertiary/aromatic N) is 3. The SMILES string of the molecule is CSCC[C@H](c1nc(-c2ccccc2)no1)N1C(=O)c2ccccc2C1=O. The molecule has 0 aliphatic carbocycles. The van der Waals surface area contributed by atoms with Crippen molar-refractivity contribution in [3.8, 4) is 11.4 Å². The Morgan fingerprint density at radius 2 is 1.63 bits per heavy atom. The number of hydrogen-bond donors (Lipinski definition) is 0. The monoisotopic (exact) mass is 379 g/mol. The Morgan fingerprint density at radius 1 is 1.00 bits per heavy atom. The molecule has 0 saturated heterocycles. The van der Waals surface area contributed by atoms with Gasteiger partial charge in [0.1, 0.15) is 6.04 Å². The van der Waals surface area contributed by atoms with E-state index in [9.17, 15) is 9.59 Å². The average Bonchev–Trinajstić information content (AvgIpc) is 3.29. The van der Waals surface area contributed by atoms with Crippen molar-refractivity contribution in [1.82, 2.24) is 15.0 Å². The number of fused-ring (bicyclic) bond motifs is 1. The Labute approximate surface area is 160 Å². The van der Waals surface area contributed by atoms with Crippen LogP contribution in [0.4, 0.5) is 0 Å². The van der Waals surface area contributed by atoms with Gasteiger partial charge in [-0.3, -0.25) is 14.5 Å². The van der Waals surface area contributed by atoms with E-state index in [2.05, 4.69) is 10.1 Å². The summed E-state index contributed by atoms with van der Waals surface area (Å²) in [6.07, 6.45) is 2.52. The summed E-state index contributed by atoms with van der Waals surface area (Å²) < 4.78 is 5.47. The molecule has 2 amide bonds. The first-order valence-corrected chi connectivity index (χ1v) is 9.95. The van der Waals surface area contributed by atoms with Crippen molar-refractivity contribution in [2.24, 2.45) is 0 Å². The normalized spacial score (nSPS) is 14.5. The van der Waals surface area contributed by atoms with Gasteiger partial charge in [-0.2, -0.15) is 16.7 Å². The van der Waals surface area contributed by atoms with Crippen LogP contribution >= 0.6 is 11.8 Å². The van der Waals surface area contributed by atoms with Crippen molar-refractivity contribution in [3.05, 3.63) is 71.6 Å². The predicted octanol–water partition coefficient (Wildman–Crippen LogP) is 3.83. The van der Waals surface area contributed by atoms with Crippen molar-refractivity contribution in [2.45, 2.75) is 12.5 Å². The second-order valence-electron chi connectivity index (χ2n) is 6.15. The molecule has 6 nitrogen and oxygen atoms in total. The molecule has 4 rings (SSSR count). The van der Waals surface area contributed by atoms with Gasteiger partial charge in [-0.25, -0.2) is 0 Å². The summed E-state index contributed by atoms with van der Waals surface area (Å²) in [5.41, 5.74) is 1.65. The summed E-state index contributed by atoms with van der Waals surface area (Å²) >= 11 is 1.63. The molecule has 1 aromatic heterocycles. The van der Waals surface area contributed by atoms with E-state index in [0.29, 0.717) is 23.4 Å². The maximum Gasteiger partial charge on any atom is 0.262 e. The molecule has 136 valence electrons. The summed E-state index contributed by atoms with van der Waals surface area (Å²) in [4.78, 5) is 31.5. The lowest BCUT2D eigenvalue weighted by Crippen LogP contribution is -2.34. The molecule has 1 aliphatic heterocycles. The zero-order valence-corrected chi connectivity index (χ0v) is 15.5. The molecule has 0 radical (unpaired) electrons. The van der Waals surface area contributed by atoms with Crippen LogP contribution in [0.1, 0.15) is 39.1 Å². The van der Waals surface area contributed by atoms with Crippen molar-refractivity contribution >= 4 is 23.6 Å². The van der Waals surface area contributed by atoms with Crippen molar-refractivity contribution in [3.63, 3.8) is 0 Å². The molecule has 1 aliphatic rings. The molecule has 0 N–H and O–H groups in total. The number of amides is 2. The van der Waals surface area contributed by atoms with Crippen LogP contribution in [0.15, 0.2) is 59.1 Å². The van der Waals surface area contributed by atoms with Crippen molar-refractivity contribution in [1.29, 1.82) is 0 Å². The molecule has 0 saturated carbocycles. The molecule has 0 fully saturated rings. The molecule has 1 atom stereocenters. The number of hydrogen-bond acceptors (Lipinski definition) is 6. The second kappa shape index (κ2) is 7.36. The Kier molecular flexibility index (Phi) is 4.77.